The van der Waals surface area contributed by atoms with E-state index in [4.69, 9.17) is 27.9 Å². The third kappa shape index (κ3) is 6.62. The maximum absolute atomic E-state index is 14.7. The summed E-state index contributed by atoms with van der Waals surface area (Å²) in [6.45, 7) is 1.64. The minimum absolute atomic E-state index is 0. The van der Waals surface area contributed by atoms with Gasteiger partial charge in [0.2, 0.25) is 5.91 Å². The summed E-state index contributed by atoms with van der Waals surface area (Å²) in [7, 11) is -4.34. The van der Waals surface area contributed by atoms with E-state index in [0.717, 1.165) is 12.1 Å². The summed E-state index contributed by atoms with van der Waals surface area (Å²) in [6, 6.07) is 16.6. The first kappa shape index (κ1) is 27.4. The number of amides is 1. The molecule has 0 aliphatic heterocycles. The lowest BCUT2D eigenvalue weighted by Crippen LogP contribution is -2.49. The monoisotopic (exact) mass is 526 g/mol. The molecule has 0 unspecified atom stereocenters. The zero-order chi connectivity index (χ0) is 24.0. The van der Waals surface area contributed by atoms with E-state index in [-0.39, 0.29) is 36.2 Å². The van der Waals surface area contributed by atoms with Crippen LogP contribution in [0, 0.1) is 5.82 Å². The van der Waals surface area contributed by atoms with E-state index in [1.165, 1.54) is 37.3 Å². The number of sulfonamides is 1. The quantitative estimate of drug-likeness (QED) is 0.371. The normalized spacial score (nSPS) is 11.8. The van der Waals surface area contributed by atoms with Crippen molar-refractivity contribution in [1.29, 1.82) is 0 Å². The highest BCUT2D eigenvalue weighted by molar-refractivity contribution is 7.93. The lowest BCUT2D eigenvalue weighted by molar-refractivity contribution is -0.121. The van der Waals surface area contributed by atoms with Crippen molar-refractivity contribution in [3.63, 3.8) is 0 Å². The van der Waals surface area contributed by atoms with Crippen molar-refractivity contribution in [2.24, 2.45) is 0 Å². The van der Waals surface area contributed by atoms with Crippen LogP contribution in [0.5, 0.6) is 5.75 Å². The molecule has 3 aromatic carbocycles. The summed E-state index contributed by atoms with van der Waals surface area (Å²) in [5, 5.41) is 3.07. The number of anilines is 1. The number of para-hydroxylation sites is 1. The Labute approximate surface area is 209 Å². The molecule has 0 bridgehead atoms. The lowest BCUT2D eigenvalue weighted by Gasteiger charge is -2.30. The molecule has 3 rings (SSSR count). The zero-order valence-electron chi connectivity index (χ0n) is 17.5. The number of rotatable bonds is 9. The van der Waals surface area contributed by atoms with Crippen molar-refractivity contribution in [3.8, 4) is 5.75 Å². The Morgan fingerprint density at radius 2 is 1.65 bits per heavy atom. The molecule has 0 saturated carbocycles. The fourth-order valence-electron chi connectivity index (χ4n) is 3.04. The van der Waals surface area contributed by atoms with Crippen LogP contribution in [0.2, 0.25) is 10.0 Å². The second-order valence-corrected chi connectivity index (χ2v) is 9.67. The van der Waals surface area contributed by atoms with Gasteiger partial charge in [-0.05, 0) is 61.5 Å². The van der Waals surface area contributed by atoms with Crippen LogP contribution in [0.3, 0.4) is 0 Å². The number of benzene rings is 3. The van der Waals surface area contributed by atoms with Gasteiger partial charge < -0.3 is 10.1 Å². The minimum atomic E-state index is -4.34. The fourth-order valence-corrected chi connectivity index (χ4v) is 4.95. The predicted molar refractivity (Wildman–Crippen MR) is 134 cm³/mol. The van der Waals surface area contributed by atoms with Gasteiger partial charge in [0.25, 0.3) is 10.0 Å². The molecule has 0 fully saturated rings. The molecule has 0 saturated heterocycles. The standard InChI is InChI=1S/C23H21Cl2FN2O4S.CH4/c1-16(23(29)27-13-14-32-19-5-3-2-4-6-19)28(22-15-18(25)9-12-21(22)26)33(30,31)20-10-7-17(24)8-11-20;/h2-12,15-16H,13-14H2,1H3,(H,27,29);1H4/t16-;/m1./s1. The van der Waals surface area contributed by atoms with Gasteiger partial charge in [-0.15, -0.1) is 0 Å². The van der Waals surface area contributed by atoms with Gasteiger partial charge in [-0.1, -0.05) is 48.8 Å². The third-order valence-corrected chi connectivity index (χ3v) is 7.05. The Kier molecular flexibility index (Phi) is 9.73. The molecular formula is C24H25Cl2FN2O4S. The Hall–Kier alpha value is -2.81. The summed E-state index contributed by atoms with van der Waals surface area (Å²) in [5.74, 6) is -0.847. The molecule has 1 N–H and O–H groups in total. The van der Waals surface area contributed by atoms with E-state index >= 15 is 0 Å². The summed E-state index contributed by atoms with van der Waals surface area (Å²) in [4.78, 5) is 12.7. The minimum Gasteiger partial charge on any atom is -0.492 e. The van der Waals surface area contributed by atoms with Crippen LogP contribution in [0.4, 0.5) is 10.1 Å². The molecule has 0 aromatic heterocycles. The van der Waals surface area contributed by atoms with Gasteiger partial charge in [0, 0.05) is 10.0 Å². The molecule has 0 spiro atoms. The molecule has 182 valence electrons. The van der Waals surface area contributed by atoms with Gasteiger partial charge >= 0.3 is 0 Å². The van der Waals surface area contributed by atoms with Crippen LogP contribution in [0.15, 0.2) is 77.7 Å². The van der Waals surface area contributed by atoms with Crippen molar-refractivity contribution in [2.45, 2.75) is 25.3 Å². The first-order valence-corrected chi connectivity index (χ1v) is 12.1. The van der Waals surface area contributed by atoms with Gasteiger partial charge in [-0.25, -0.2) is 12.8 Å². The van der Waals surface area contributed by atoms with E-state index in [0.29, 0.717) is 15.1 Å². The van der Waals surface area contributed by atoms with Crippen LogP contribution in [0.1, 0.15) is 14.4 Å². The Morgan fingerprint density at radius 3 is 2.29 bits per heavy atom. The van der Waals surface area contributed by atoms with Gasteiger partial charge in [0.15, 0.2) is 0 Å². The van der Waals surface area contributed by atoms with E-state index < -0.39 is 27.8 Å². The average Bonchev–Trinajstić information content (AvgIpc) is 2.79. The highest BCUT2D eigenvalue weighted by atomic mass is 35.5. The number of hydrogen-bond acceptors (Lipinski definition) is 4. The molecule has 10 heteroatoms. The Balaban J connectivity index is 0.00000408. The zero-order valence-corrected chi connectivity index (χ0v) is 19.9. The van der Waals surface area contributed by atoms with E-state index in [1.54, 1.807) is 12.1 Å². The largest absolute Gasteiger partial charge is 0.492 e. The first-order valence-electron chi connectivity index (χ1n) is 9.91. The topological polar surface area (TPSA) is 75.7 Å². The summed E-state index contributed by atoms with van der Waals surface area (Å²) in [6.07, 6.45) is 0. The molecule has 6 nitrogen and oxygen atoms in total. The van der Waals surface area contributed by atoms with E-state index in [1.807, 2.05) is 18.2 Å². The van der Waals surface area contributed by atoms with Crippen molar-refractivity contribution in [2.75, 3.05) is 17.5 Å². The van der Waals surface area contributed by atoms with Crippen molar-refractivity contribution in [3.05, 3.63) is 88.7 Å². The van der Waals surface area contributed by atoms with E-state index in [2.05, 4.69) is 5.32 Å². The number of nitrogens with zero attached hydrogens (tertiary/aromatic N) is 1. The lowest BCUT2D eigenvalue weighted by atomic mass is 10.2. The number of halogens is 3. The summed E-state index contributed by atoms with van der Waals surface area (Å²) >= 11 is 11.9. The third-order valence-electron chi connectivity index (χ3n) is 4.66. The van der Waals surface area contributed by atoms with Crippen LogP contribution in [-0.2, 0) is 14.8 Å². The smallest absolute Gasteiger partial charge is 0.265 e. The molecule has 3 aromatic rings. The highest BCUT2D eigenvalue weighted by Crippen LogP contribution is 2.31. The fraction of sp³-hybridized carbons (Fsp3) is 0.208. The van der Waals surface area contributed by atoms with Crippen LogP contribution >= 0.6 is 23.2 Å². The van der Waals surface area contributed by atoms with Crippen LogP contribution in [-0.4, -0.2) is 33.5 Å². The van der Waals surface area contributed by atoms with Gasteiger partial charge in [0.05, 0.1) is 17.1 Å². The van der Waals surface area contributed by atoms with Gasteiger partial charge in [-0.3, -0.25) is 9.10 Å². The molecule has 34 heavy (non-hydrogen) atoms. The number of hydrogen-bond donors (Lipinski definition) is 1. The Morgan fingerprint density at radius 1 is 1.03 bits per heavy atom. The maximum Gasteiger partial charge on any atom is 0.265 e. The molecule has 0 aliphatic carbocycles. The summed E-state index contributed by atoms with van der Waals surface area (Å²) < 4.78 is 47.8. The molecule has 1 atom stereocenters. The molecule has 0 aliphatic rings. The van der Waals surface area contributed by atoms with Crippen molar-refractivity contribution >= 4 is 44.8 Å². The molecule has 0 heterocycles. The maximum atomic E-state index is 14.7. The summed E-state index contributed by atoms with van der Waals surface area (Å²) in [5.41, 5.74) is -0.347. The van der Waals surface area contributed by atoms with Crippen LogP contribution < -0.4 is 14.4 Å². The molecular weight excluding hydrogens is 502 g/mol. The highest BCUT2D eigenvalue weighted by Gasteiger charge is 2.35. The number of nitrogens with one attached hydrogen (secondary N) is 1. The van der Waals surface area contributed by atoms with Crippen molar-refractivity contribution in [1.82, 2.24) is 5.32 Å². The van der Waals surface area contributed by atoms with Crippen molar-refractivity contribution < 1.29 is 22.3 Å². The Bertz CT molecular complexity index is 1210. The molecule has 1 amide bonds. The first-order chi connectivity index (χ1) is 15.7. The van der Waals surface area contributed by atoms with E-state index in [9.17, 15) is 17.6 Å². The predicted octanol–water partition coefficient (Wildman–Crippen LogP) is 5.55. The molecule has 0 radical (unpaired) electrons. The number of carbonyl (C=O) groups is 1. The van der Waals surface area contributed by atoms with Gasteiger partial charge in [0.1, 0.15) is 24.2 Å². The number of carbonyl (C=O) groups excluding carboxylic acids is 1. The number of ether oxygens (including phenoxy) is 1. The SMILES string of the molecule is C.C[C@H](C(=O)NCCOc1ccccc1)N(c1cc(Cl)ccc1F)S(=O)(=O)c1ccc(Cl)cc1. The second-order valence-electron chi connectivity index (χ2n) is 6.98. The van der Waals surface area contributed by atoms with Gasteiger partial charge in [-0.2, -0.15) is 0 Å². The average molecular weight is 527 g/mol. The second kappa shape index (κ2) is 12.1. The van der Waals surface area contributed by atoms with Crippen LogP contribution in [0.25, 0.3) is 0 Å².